The maximum atomic E-state index is 12.9. The number of nitrogens with zero attached hydrogens (tertiary/aromatic N) is 3. The van der Waals surface area contributed by atoms with E-state index in [1.54, 1.807) is 0 Å². The van der Waals surface area contributed by atoms with Crippen LogP contribution in [0.5, 0.6) is 0 Å². The fourth-order valence-corrected chi connectivity index (χ4v) is 3.85. The number of piperidine rings is 1. The zero-order chi connectivity index (χ0) is 28.6. The number of likely N-dealkylation sites (tertiary alicyclic amines) is 1. The number of carbonyl (C=O) groups is 3. The van der Waals surface area contributed by atoms with Gasteiger partial charge in [-0.3, -0.25) is 14.6 Å². The minimum atomic E-state index is -5.08. The minimum Gasteiger partial charge on any atom is -0.475 e. The summed E-state index contributed by atoms with van der Waals surface area (Å²) in [5.41, 5.74) is -0.386. The number of amides is 1. The topological polar surface area (TPSA) is 135 Å². The van der Waals surface area contributed by atoms with Gasteiger partial charge < -0.3 is 24.6 Å². The van der Waals surface area contributed by atoms with Crippen LogP contribution in [0.2, 0.25) is 0 Å². The number of aliphatic hydroxyl groups excluding tert-OH is 1. The third-order valence-electron chi connectivity index (χ3n) is 5.83. The average molecular weight is 549 g/mol. The zero-order valence-electron chi connectivity index (χ0n) is 20.1. The van der Waals surface area contributed by atoms with Crippen LogP contribution in [0.25, 0.3) is 0 Å². The smallest absolute Gasteiger partial charge is 0.475 e. The third kappa shape index (κ3) is 9.51. The highest BCUT2D eigenvalue weighted by atomic mass is 19.4. The van der Waals surface area contributed by atoms with Crippen LogP contribution < -0.4 is 0 Å². The molecule has 37 heavy (non-hydrogen) atoms. The highest BCUT2D eigenvalue weighted by Crippen LogP contribution is 2.33. The normalized spacial score (nSPS) is 18.5. The molecule has 2 aliphatic rings. The van der Waals surface area contributed by atoms with Crippen molar-refractivity contribution in [2.24, 2.45) is 0 Å². The maximum Gasteiger partial charge on any atom is 0.490 e. The van der Waals surface area contributed by atoms with Gasteiger partial charge in [0.25, 0.3) is 0 Å². The van der Waals surface area contributed by atoms with E-state index in [0.29, 0.717) is 13.1 Å². The Morgan fingerprint density at radius 2 is 1.46 bits per heavy atom. The summed E-state index contributed by atoms with van der Waals surface area (Å²) in [7, 11) is 2.06. The van der Waals surface area contributed by atoms with Gasteiger partial charge in [0, 0.05) is 32.7 Å². The van der Waals surface area contributed by atoms with Gasteiger partial charge in [0.15, 0.2) is 0 Å². The van der Waals surface area contributed by atoms with Crippen LogP contribution in [0.4, 0.5) is 26.3 Å². The van der Waals surface area contributed by atoms with E-state index in [0.717, 1.165) is 50.5 Å². The minimum absolute atomic E-state index is 0.0372. The standard InChI is InChI=1S/C17H27N3O3.2C2HF3O2/c1-14-3-4-15(23-14)13-19-7-5-17(6-8-19)16(22)20(11-12-21)10-9-18(17)2;2*3-2(4,5)1(6)7/h3-4,21H,5-13H2,1-2H3;2*(H,6,7). The number of aliphatic carboxylic acids is 2. The summed E-state index contributed by atoms with van der Waals surface area (Å²) >= 11 is 0. The fourth-order valence-electron chi connectivity index (χ4n) is 3.85. The number of aliphatic hydroxyl groups is 1. The second-order valence-corrected chi connectivity index (χ2v) is 8.36. The average Bonchev–Trinajstić information content (AvgIpc) is 3.19. The second-order valence-electron chi connectivity index (χ2n) is 8.36. The number of alkyl halides is 6. The van der Waals surface area contributed by atoms with Gasteiger partial charge in [0.05, 0.1) is 13.2 Å². The molecule has 2 fully saturated rings. The number of piperazine rings is 1. The number of carboxylic acid groups (broad SMARTS) is 2. The number of rotatable bonds is 4. The lowest BCUT2D eigenvalue weighted by Crippen LogP contribution is -2.67. The van der Waals surface area contributed by atoms with Gasteiger partial charge >= 0.3 is 24.3 Å². The highest BCUT2D eigenvalue weighted by molar-refractivity contribution is 5.87. The molecule has 212 valence electrons. The predicted octanol–water partition coefficient (Wildman–Crippen LogP) is 1.96. The van der Waals surface area contributed by atoms with Gasteiger partial charge in [0.2, 0.25) is 5.91 Å². The fraction of sp³-hybridized carbons (Fsp3) is 0.667. The van der Waals surface area contributed by atoms with Crippen LogP contribution in [0.15, 0.2) is 16.5 Å². The van der Waals surface area contributed by atoms with Crippen LogP contribution >= 0.6 is 0 Å². The van der Waals surface area contributed by atoms with Crippen LogP contribution in [-0.4, -0.2) is 112 Å². The van der Waals surface area contributed by atoms with Crippen molar-refractivity contribution in [2.45, 2.75) is 44.2 Å². The molecule has 0 radical (unpaired) electrons. The van der Waals surface area contributed by atoms with Crippen molar-refractivity contribution in [2.75, 3.05) is 46.4 Å². The highest BCUT2D eigenvalue weighted by Gasteiger charge is 2.49. The van der Waals surface area contributed by atoms with E-state index in [-0.39, 0.29) is 18.1 Å². The van der Waals surface area contributed by atoms with E-state index >= 15 is 0 Å². The molecule has 0 saturated carbocycles. The monoisotopic (exact) mass is 549 g/mol. The molecule has 0 aromatic carbocycles. The molecule has 0 bridgehead atoms. The van der Waals surface area contributed by atoms with Crippen molar-refractivity contribution in [3.8, 4) is 0 Å². The van der Waals surface area contributed by atoms with Crippen molar-refractivity contribution >= 4 is 17.8 Å². The third-order valence-corrected chi connectivity index (χ3v) is 5.83. The Morgan fingerprint density at radius 1 is 0.973 bits per heavy atom. The number of furan rings is 1. The molecule has 0 aliphatic carbocycles. The molecule has 2 saturated heterocycles. The van der Waals surface area contributed by atoms with Crippen LogP contribution in [-0.2, 0) is 20.9 Å². The number of aryl methyl sites for hydroxylation is 1. The van der Waals surface area contributed by atoms with Gasteiger partial charge in [-0.15, -0.1) is 0 Å². The number of carboxylic acids is 2. The van der Waals surface area contributed by atoms with Gasteiger partial charge in [-0.1, -0.05) is 0 Å². The SMILES string of the molecule is Cc1ccc(CN2CCC3(CC2)C(=O)N(CCO)CCN3C)o1.O=C(O)C(F)(F)F.O=C(O)C(F)(F)F. The number of likely N-dealkylation sites (N-methyl/N-ethyl adjacent to an activating group) is 1. The molecule has 3 N–H and O–H groups in total. The van der Waals surface area contributed by atoms with E-state index in [4.69, 9.17) is 24.2 Å². The second kappa shape index (κ2) is 13.1. The Balaban J connectivity index is 0.000000404. The zero-order valence-corrected chi connectivity index (χ0v) is 20.1. The van der Waals surface area contributed by atoms with Crippen molar-refractivity contribution < 1.29 is 60.5 Å². The number of β-amino-alcohol motifs (C(OH)–C–C–N with tert-alkyl or cyclic N) is 1. The van der Waals surface area contributed by atoms with Gasteiger partial charge in [-0.05, 0) is 38.9 Å². The Hall–Kier alpha value is -2.85. The van der Waals surface area contributed by atoms with Crippen molar-refractivity contribution in [3.63, 3.8) is 0 Å². The first kappa shape index (κ1) is 32.2. The summed E-state index contributed by atoms with van der Waals surface area (Å²) < 4.78 is 69.1. The van der Waals surface area contributed by atoms with E-state index in [9.17, 15) is 36.2 Å². The first-order valence-corrected chi connectivity index (χ1v) is 10.9. The van der Waals surface area contributed by atoms with E-state index in [1.807, 2.05) is 24.0 Å². The van der Waals surface area contributed by atoms with Crippen molar-refractivity contribution in [1.29, 1.82) is 0 Å². The summed E-state index contributed by atoms with van der Waals surface area (Å²) in [6, 6.07) is 4.02. The van der Waals surface area contributed by atoms with Crippen LogP contribution in [0.3, 0.4) is 0 Å². The number of hydrogen-bond donors (Lipinski definition) is 3. The molecular formula is C21H29F6N3O7. The first-order valence-electron chi connectivity index (χ1n) is 10.9. The summed E-state index contributed by atoms with van der Waals surface area (Å²) in [6.07, 6.45) is -8.49. The maximum absolute atomic E-state index is 12.9. The van der Waals surface area contributed by atoms with Crippen LogP contribution in [0.1, 0.15) is 24.4 Å². The Labute approximate surface area is 208 Å². The van der Waals surface area contributed by atoms with E-state index in [1.165, 1.54) is 0 Å². The lowest BCUT2D eigenvalue weighted by Gasteiger charge is -2.51. The molecule has 2 aliphatic heterocycles. The van der Waals surface area contributed by atoms with Gasteiger partial charge in [-0.2, -0.15) is 26.3 Å². The lowest BCUT2D eigenvalue weighted by molar-refractivity contribution is -0.193. The lowest BCUT2D eigenvalue weighted by atomic mass is 9.82. The molecule has 1 amide bonds. The summed E-state index contributed by atoms with van der Waals surface area (Å²) in [5, 5.41) is 23.4. The number of halogens is 6. The summed E-state index contributed by atoms with van der Waals surface area (Å²) in [5.74, 6) is -3.40. The molecule has 3 heterocycles. The number of carbonyl (C=O) groups excluding carboxylic acids is 1. The van der Waals surface area contributed by atoms with Crippen molar-refractivity contribution in [1.82, 2.24) is 14.7 Å². The van der Waals surface area contributed by atoms with E-state index in [2.05, 4.69) is 16.8 Å². The molecule has 0 atom stereocenters. The molecule has 10 nitrogen and oxygen atoms in total. The summed E-state index contributed by atoms with van der Waals surface area (Å²) in [6.45, 7) is 6.63. The Kier molecular flexibility index (Phi) is 11.4. The molecular weight excluding hydrogens is 520 g/mol. The van der Waals surface area contributed by atoms with Gasteiger partial charge in [0.1, 0.15) is 17.1 Å². The Morgan fingerprint density at radius 3 is 1.84 bits per heavy atom. The largest absolute Gasteiger partial charge is 0.490 e. The summed E-state index contributed by atoms with van der Waals surface area (Å²) in [4.78, 5) is 37.1. The van der Waals surface area contributed by atoms with Crippen LogP contribution in [0, 0.1) is 6.92 Å². The van der Waals surface area contributed by atoms with Crippen molar-refractivity contribution in [3.05, 3.63) is 23.7 Å². The van der Waals surface area contributed by atoms with Gasteiger partial charge in [-0.25, -0.2) is 9.59 Å². The molecule has 1 aromatic heterocycles. The molecule has 1 aromatic rings. The number of hydrogen-bond acceptors (Lipinski definition) is 7. The Bertz CT molecular complexity index is 887. The first-order chi connectivity index (χ1) is 16.9. The predicted molar refractivity (Wildman–Crippen MR) is 114 cm³/mol. The molecule has 0 unspecified atom stereocenters. The molecule has 16 heteroatoms. The molecule has 3 rings (SSSR count). The quantitative estimate of drug-likeness (QED) is 0.482. The molecule has 1 spiro atoms. The van der Waals surface area contributed by atoms with E-state index < -0.39 is 24.3 Å².